The number of H-pyrrole nitrogens is 1. The van der Waals surface area contributed by atoms with Crippen molar-refractivity contribution in [2.75, 3.05) is 13.7 Å². The molecular weight excluding hydrogens is 230 g/mol. The first kappa shape index (κ1) is 13.2. The van der Waals surface area contributed by atoms with Crippen molar-refractivity contribution in [3.05, 3.63) is 27.4 Å². The van der Waals surface area contributed by atoms with Gasteiger partial charge in [-0.2, -0.15) is 0 Å². The molecule has 0 spiro atoms. The number of rotatable bonds is 2. The molecule has 0 saturated carbocycles. The van der Waals surface area contributed by atoms with Gasteiger partial charge in [0.25, 0.3) is 5.56 Å². The minimum atomic E-state index is -0.211. The number of methoxy groups -OCH3 is 1. The van der Waals surface area contributed by atoms with Crippen molar-refractivity contribution in [1.29, 1.82) is 0 Å². The van der Waals surface area contributed by atoms with Gasteiger partial charge in [-0.25, -0.2) is 4.98 Å². The highest BCUT2D eigenvalue weighted by atomic mass is 16.5. The minimum absolute atomic E-state index is 0.0252. The molecule has 0 bridgehead atoms. The van der Waals surface area contributed by atoms with Crippen LogP contribution in [0.3, 0.4) is 0 Å². The summed E-state index contributed by atoms with van der Waals surface area (Å²) in [5.74, 6) is 0.623. The van der Waals surface area contributed by atoms with Crippen molar-refractivity contribution in [3.63, 3.8) is 0 Å². The maximum atomic E-state index is 12.1. The third-order valence-electron chi connectivity index (χ3n) is 3.23. The Balaban J connectivity index is 2.46. The third kappa shape index (κ3) is 2.47. The molecule has 1 aromatic rings. The lowest BCUT2D eigenvalue weighted by molar-refractivity contribution is 0.00824. The Morgan fingerprint density at radius 2 is 2.11 bits per heavy atom. The molecule has 0 aliphatic carbocycles. The van der Waals surface area contributed by atoms with Gasteiger partial charge in [0.05, 0.1) is 5.69 Å². The summed E-state index contributed by atoms with van der Waals surface area (Å²) >= 11 is 0. The van der Waals surface area contributed by atoms with Crippen molar-refractivity contribution in [1.82, 2.24) is 15.3 Å². The summed E-state index contributed by atoms with van der Waals surface area (Å²) in [5.41, 5.74) is 1.52. The lowest BCUT2D eigenvalue weighted by Gasteiger charge is -2.29. The highest BCUT2D eigenvalue weighted by Gasteiger charge is 2.29. The molecule has 2 heterocycles. The van der Waals surface area contributed by atoms with Gasteiger partial charge in [-0.15, -0.1) is 0 Å². The van der Waals surface area contributed by atoms with E-state index in [2.05, 4.69) is 36.1 Å². The smallest absolute Gasteiger partial charge is 0.254 e. The standard InChI is InChI=1S/C13H21N3O2/c1-13(2,3)10(18-4)11-15-9-7-14-6-5-8(9)12(17)16-11/h10,14H,5-7H2,1-4H3,(H,15,16,17). The zero-order valence-electron chi connectivity index (χ0n) is 11.5. The molecule has 1 aliphatic heterocycles. The zero-order chi connectivity index (χ0) is 13.3. The highest BCUT2D eigenvalue weighted by molar-refractivity contribution is 5.21. The fraction of sp³-hybridized carbons (Fsp3) is 0.692. The average Bonchev–Trinajstić information content (AvgIpc) is 2.28. The molecule has 5 nitrogen and oxygen atoms in total. The molecule has 0 fully saturated rings. The Labute approximate surface area is 107 Å². The predicted octanol–water partition coefficient (Wildman–Crippen LogP) is 1.15. The Bertz CT molecular complexity index is 488. The number of aromatic amines is 1. The van der Waals surface area contributed by atoms with E-state index in [-0.39, 0.29) is 17.1 Å². The van der Waals surface area contributed by atoms with Crippen LogP contribution in [0, 0.1) is 5.41 Å². The van der Waals surface area contributed by atoms with E-state index >= 15 is 0 Å². The Morgan fingerprint density at radius 3 is 2.72 bits per heavy atom. The van der Waals surface area contributed by atoms with Crippen molar-refractivity contribution >= 4 is 0 Å². The summed E-state index contributed by atoms with van der Waals surface area (Å²) in [7, 11) is 1.65. The topological polar surface area (TPSA) is 67.0 Å². The van der Waals surface area contributed by atoms with Crippen LogP contribution in [0.4, 0.5) is 0 Å². The Morgan fingerprint density at radius 1 is 1.39 bits per heavy atom. The van der Waals surface area contributed by atoms with E-state index in [9.17, 15) is 4.79 Å². The van der Waals surface area contributed by atoms with E-state index in [1.54, 1.807) is 7.11 Å². The van der Waals surface area contributed by atoms with Gasteiger partial charge in [0.1, 0.15) is 11.9 Å². The number of aromatic nitrogens is 2. The summed E-state index contributed by atoms with van der Waals surface area (Å²) in [6.07, 6.45) is 0.530. The number of hydrogen-bond donors (Lipinski definition) is 2. The third-order valence-corrected chi connectivity index (χ3v) is 3.23. The van der Waals surface area contributed by atoms with E-state index < -0.39 is 0 Å². The fourth-order valence-electron chi connectivity index (χ4n) is 2.39. The van der Waals surface area contributed by atoms with Crippen molar-refractivity contribution in [3.8, 4) is 0 Å². The van der Waals surface area contributed by atoms with Crippen molar-refractivity contribution in [2.24, 2.45) is 5.41 Å². The molecule has 1 unspecified atom stereocenters. The number of nitrogens with one attached hydrogen (secondary N) is 2. The van der Waals surface area contributed by atoms with Gasteiger partial charge in [-0.05, 0) is 18.4 Å². The van der Waals surface area contributed by atoms with E-state index in [1.807, 2.05) is 0 Å². The van der Waals surface area contributed by atoms with E-state index in [0.717, 1.165) is 24.2 Å². The monoisotopic (exact) mass is 251 g/mol. The first-order valence-electron chi connectivity index (χ1n) is 6.29. The van der Waals surface area contributed by atoms with E-state index in [1.165, 1.54) is 0 Å². The van der Waals surface area contributed by atoms with Gasteiger partial charge in [-0.3, -0.25) is 4.79 Å². The Kier molecular flexibility index (Phi) is 3.54. The molecule has 0 aromatic carbocycles. The molecule has 18 heavy (non-hydrogen) atoms. The second-order valence-corrected chi connectivity index (χ2v) is 5.78. The lowest BCUT2D eigenvalue weighted by atomic mass is 9.88. The molecule has 1 atom stereocenters. The molecular formula is C13H21N3O2. The maximum absolute atomic E-state index is 12.1. The molecule has 0 amide bonds. The molecule has 0 radical (unpaired) electrons. The van der Waals surface area contributed by atoms with Gasteiger partial charge in [0.15, 0.2) is 0 Å². The zero-order valence-corrected chi connectivity index (χ0v) is 11.5. The van der Waals surface area contributed by atoms with Gasteiger partial charge in [-0.1, -0.05) is 20.8 Å². The summed E-state index contributed by atoms with van der Waals surface area (Å²) < 4.78 is 5.49. The van der Waals surface area contributed by atoms with Crippen LogP contribution in [0.5, 0.6) is 0 Å². The van der Waals surface area contributed by atoms with Crippen LogP contribution in [0.1, 0.15) is 44.0 Å². The molecule has 1 aromatic heterocycles. The fourth-order valence-corrected chi connectivity index (χ4v) is 2.39. The molecule has 2 rings (SSSR count). The highest BCUT2D eigenvalue weighted by Crippen LogP contribution is 2.33. The maximum Gasteiger partial charge on any atom is 0.254 e. The van der Waals surface area contributed by atoms with Crippen molar-refractivity contribution in [2.45, 2.75) is 39.8 Å². The molecule has 0 saturated heterocycles. The largest absolute Gasteiger partial charge is 0.373 e. The lowest BCUT2D eigenvalue weighted by Crippen LogP contribution is -2.34. The molecule has 1 aliphatic rings. The van der Waals surface area contributed by atoms with Crippen LogP contribution in [0.2, 0.25) is 0 Å². The first-order chi connectivity index (χ1) is 8.43. The van der Waals surface area contributed by atoms with Gasteiger partial charge < -0.3 is 15.0 Å². The summed E-state index contributed by atoms with van der Waals surface area (Å²) in [5, 5.41) is 3.23. The molecule has 5 heteroatoms. The molecule has 2 N–H and O–H groups in total. The average molecular weight is 251 g/mol. The summed E-state index contributed by atoms with van der Waals surface area (Å²) in [4.78, 5) is 19.5. The summed E-state index contributed by atoms with van der Waals surface area (Å²) in [6.45, 7) is 7.70. The normalized spacial score (nSPS) is 17.3. The number of fused-ring (bicyclic) bond motifs is 1. The van der Waals surface area contributed by atoms with Gasteiger partial charge >= 0.3 is 0 Å². The van der Waals surface area contributed by atoms with Crippen LogP contribution in [0.15, 0.2) is 4.79 Å². The summed E-state index contributed by atoms with van der Waals surface area (Å²) in [6, 6.07) is 0. The molecule has 100 valence electrons. The number of hydrogen-bond acceptors (Lipinski definition) is 4. The minimum Gasteiger partial charge on any atom is -0.373 e. The van der Waals surface area contributed by atoms with Crippen LogP contribution in [-0.2, 0) is 17.7 Å². The second-order valence-electron chi connectivity index (χ2n) is 5.78. The number of nitrogens with zero attached hydrogens (tertiary/aromatic N) is 1. The van der Waals surface area contributed by atoms with Crippen LogP contribution >= 0.6 is 0 Å². The van der Waals surface area contributed by atoms with Crippen LogP contribution < -0.4 is 10.9 Å². The quantitative estimate of drug-likeness (QED) is 0.827. The van der Waals surface area contributed by atoms with E-state index in [0.29, 0.717) is 12.4 Å². The van der Waals surface area contributed by atoms with Crippen molar-refractivity contribution < 1.29 is 4.74 Å². The number of ether oxygens (including phenoxy) is 1. The predicted molar refractivity (Wildman–Crippen MR) is 69.5 cm³/mol. The SMILES string of the molecule is COC(c1nc2c(c(=O)[nH]1)CCNC2)C(C)(C)C. The van der Waals surface area contributed by atoms with Gasteiger partial charge in [0, 0.05) is 19.2 Å². The van der Waals surface area contributed by atoms with Crippen LogP contribution in [-0.4, -0.2) is 23.6 Å². The van der Waals surface area contributed by atoms with Crippen LogP contribution in [0.25, 0.3) is 0 Å². The van der Waals surface area contributed by atoms with Gasteiger partial charge in [0.2, 0.25) is 0 Å². The van der Waals surface area contributed by atoms with E-state index in [4.69, 9.17) is 4.74 Å². The Hall–Kier alpha value is -1.20. The first-order valence-corrected chi connectivity index (χ1v) is 6.29. The second kappa shape index (κ2) is 4.82.